The van der Waals surface area contributed by atoms with Crippen molar-refractivity contribution in [2.24, 2.45) is 0 Å². The van der Waals surface area contributed by atoms with Crippen LogP contribution in [0, 0.1) is 6.92 Å². The number of H-pyrrole nitrogens is 1. The molecule has 1 fully saturated rings. The lowest BCUT2D eigenvalue weighted by atomic mass is 10.0. The van der Waals surface area contributed by atoms with Gasteiger partial charge < -0.3 is 4.98 Å². The average Bonchev–Trinajstić information content (AvgIpc) is 3.38. The molecule has 186 valence electrons. The number of hydrogen-bond acceptors (Lipinski definition) is 6. The van der Waals surface area contributed by atoms with Gasteiger partial charge in [0.1, 0.15) is 11.1 Å². The van der Waals surface area contributed by atoms with Crippen LogP contribution < -0.4 is 9.44 Å². The van der Waals surface area contributed by atoms with Gasteiger partial charge in [0, 0.05) is 0 Å². The number of aromatic nitrogens is 2. The molecule has 0 spiro atoms. The van der Waals surface area contributed by atoms with Gasteiger partial charge in [-0.05, 0) is 48.2 Å². The van der Waals surface area contributed by atoms with Crippen LogP contribution in [0.4, 0.5) is 0 Å². The number of fused-ring (bicyclic) bond motifs is 1. The third-order valence-electron chi connectivity index (χ3n) is 6.21. The minimum Gasteiger partial charge on any atom is -0.341 e. The molecule has 0 saturated carbocycles. The van der Waals surface area contributed by atoms with E-state index >= 15 is 0 Å². The summed E-state index contributed by atoms with van der Waals surface area (Å²) in [5.74, 6) is -0.0646. The molecule has 2 heterocycles. The number of carbonyl (C=O) groups is 1. The van der Waals surface area contributed by atoms with Crippen LogP contribution in [0.15, 0.2) is 77.7 Å². The maximum absolute atomic E-state index is 13.3. The number of aryl methyl sites for hydroxylation is 1. The Hall–Kier alpha value is -3.54. The zero-order valence-electron chi connectivity index (χ0n) is 19.3. The van der Waals surface area contributed by atoms with Crippen molar-refractivity contribution in [3.63, 3.8) is 0 Å². The first-order chi connectivity index (χ1) is 17.1. The summed E-state index contributed by atoms with van der Waals surface area (Å²) in [6.45, 7) is 1.74. The maximum atomic E-state index is 13.3. The Morgan fingerprint density at radius 3 is 2.39 bits per heavy atom. The average molecular weight is 525 g/mol. The highest BCUT2D eigenvalue weighted by molar-refractivity contribution is 7.90. The van der Waals surface area contributed by atoms with Crippen LogP contribution in [0.3, 0.4) is 0 Å². The molecule has 5 rings (SSSR count). The molecule has 0 bridgehead atoms. The van der Waals surface area contributed by atoms with Gasteiger partial charge in [0.2, 0.25) is 26.0 Å². The van der Waals surface area contributed by atoms with E-state index in [0.29, 0.717) is 22.5 Å². The SMILES string of the molecule is Cc1ccccc1S(=O)(=O)N[C@@H](Cc1ccc(C2CC(=O)NS2(=O)=O)cc1)c1nc2ccccc2[nH]1. The summed E-state index contributed by atoms with van der Waals surface area (Å²) in [4.78, 5) is 19.6. The van der Waals surface area contributed by atoms with E-state index in [0.717, 1.165) is 11.1 Å². The van der Waals surface area contributed by atoms with Crippen molar-refractivity contribution >= 4 is 37.0 Å². The number of amides is 1. The van der Waals surface area contributed by atoms with Crippen LogP contribution in [0.1, 0.15) is 40.2 Å². The summed E-state index contributed by atoms with van der Waals surface area (Å²) in [5, 5.41) is -0.940. The molecule has 1 aromatic heterocycles. The number of imidazole rings is 1. The third-order valence-corrected chi connectivity index (χ3v) is 9.54. The van der Waals surface area contributed by atoms with Gasteiger partial charge in [0.15, 0.2) is 0 Å². The van der Waals surface area contributed by atoms with Gasteiger partial charge in [0.25, 0.3) is 0 Å². The van der Waals surface area contributed by atoms with E-state index < -0.39 is 37.2 Å². The zero-order chi connectivity index (χ0) is 25.5. The number of aromatic amines is 1. The first-order valence-corrected chi connectivity index (χ1v) is 14.3. The van der Waals surface area contributed by atoms with E-state index in [2.05, 4.69) is 14.7 Å². The molecule has 1 unspecified atom stereocenters. The number of sulfonamides is 2. The standard InChI is InChI=1S/C25H24N4O5S2/c1-16-6-2-5-9-22(16)35(31,32)28-21(25-26-19-7-3-4-8-20(19)27-25)14-17-10-12-18(13-11-17)23-15-24(30)29-36(23,33)34/h2-13,21,23,28H,14-15H2,1H3,(H,26,27)(H,29,30)/t21-,23?/m0/s1. The molecule has 11 heteroatoms. The topological polar surface area (TPSA) is 138 Å². The normalized spacial score (nSPS) is 18.2. The van der Waals surface area contributed by atoms with E-state index in [1.807, 2.05) is 29.0 Å². The van der Waals surface area contributed by atoms with Crippen molar-refractivity contribution in [3.8, 4) is 0 Å². The van der Waals surface area contributed by atoms with Gasteiger partial charge in [-0.3, -0.25) is 9.52 Å². The minimum atomic E-state index is -3.87. The smallest absolute Gasteiger partial charge is 0.242 e. The van der Waals surface area contributed by atoms with E-state index in [4.69, 9.17) is 0 Å². The predicted octanol–water partition coefficient (Wildman–Crippen LogP) is 3.02. The number of benzene rings is 3. The molecule has 1 aliphatic rings. The lowest BCUT2D eigenvalue weighted by Crippen LogP contribution is -2.31. The number of hydrogen-bond donors (Lipinski definition) is 3. The van der Waals surface area contributed by atoms with Crippen molar-refractivity contribution in [1.82, 2.24) is 19.4 Å². The molecule has 0 aliphatic carbocycles. The second kappa shape index (κ2) is 9.16. The van der Waals surface area contributed by atoms with Crippen LogP contribution in [0.25, 0.3) is 11.0 Å². The van der Waals surface area contributed by atoms with Crippen LogP contribution in [0.5, 0.6) is 0 Å². The summed E-state index contributed by atoms with van der Waals surface area (Å²) >= 11 is 0. The van der Waals surface area contributed by atoms with Gasteiger partial charge in [-0.1, -0.05) is 54.6 Å². The maximum Gasteiger partial charge on any atom is 0.242 e. The third kappa shape index (κ3) is 4.77. The largest absolute Gasteiger partial charge is 0.341 e. The summed E-state index contributed by atoms with van der Waals surface area (Å²) in [6.07, 6.45) is 0.138. The van der Waals surface area contributed by atoms with Crippen molar-refractivity contribution in [3.05, 3.63) is 95.3 Å². The van der Waals surface area contributed by atoms with Crippen LogP contribution in [0.2, 0.25) is 0 Å². The predicted molar refractivity (Wildman–Crippen MR) is 135 cm³/mol. The highest BCUT2D eigenvalue weighted by Crippen LogP contribution is 2.31. The first kappa shape index (κ1) is 24.2. The van der Waals surface area contributed by atoms with Gasteiger partial charge in [-0.15, -0.1) is 0 Å². The molecule has 3 aromatic carbocycles. The number of rotatable bonds is 7. The fraction of sp³-hybridized carbons (Fsp3) is 0.200. The zero-order valence-corrected chi connectivity index (χ0v) is 20.9. The van der Waals surface area contributed by atoms with E-state index in [1.165, 1.54) is 0 Å². The Kier molecular flexibility index (Phi) is 6.15. The van der Waals surface area contributed by atoms with Crippen molar-refractivity contribution in [2.75, 3.05) is 0 Å². The number of carbonyl (C=O) groups excluding carboxylic acids is 1. The summed E-state index contributed by atoms with van der Waals surface area (Å²) in [6, 6.07) is 20.3. The molecule has 9 nitrogen and oxygen atoms in total. The van der Waals surface area contributed by atoms with Crippen molar-refractivity contribution < 1.29 is 21.6 Å². The van der Waals surface area contributed by atoms with Crippen LogP contribution in [-0.2, 0) is 31.3 Å². The fourth-order valence-corrected chi connectivity index (χ4v) is 7.27. The molecule has 2 atom stereocenters. The summed E-state index contributed by atoms with van der Waals surface area (Å²) in [7, 11) is -7.62. The molecule has 3 N–H and O–H groups in total. The molecule has 0 radical (unpaired) electrons. The Labute approximate surface area is 209 Å². The second-order valence-electron chi connectivity index (χ2n) is 8.79. The van der Waals surface area contributed by atoms with Crippen LogP contribution >= 0.6 is 0 Å². The summed E-state index contributed by atoms with van der Waals surface area (Å²) < 4.78 is 55.8. The minimum absolute atomic E-state index is 0.125. The van der Waals surface area contributed by atoms with Gasteiger partial charge in [-0.2, -0.15) is 0 Å². The highest BCUT2D eigenvalue weighted by Gasteiger charge is 2.37. The molecular formula is C25H24N4O5S2. The first-order valence-electron chi connectivity index (χ1n) is 11.3. The Bertz CT molecular complexity index is 1630. The molecular weight excluding hydrogens is 500 g/mol. The molecule has 1 aliphatic heterocycles. The molecule has 1 amide bonds. The Morgan fingerprint density at radius 2 is 1.72 bits per heavy atom. The lowest BCUT2D eigenvalue weighted by molar-refractivity contribution is -0.118. The van der Waals surface area contributed by atoms with Crippen LogP contribution in [-0.4, -0.2) is 32.7 Å². The van der Waals surface area contributed by atoms with E-state index in [9.17, 15) is 21.6 Å². The summed E-state index contributed by atoms with van der Waals surface area (Å²) in [5.41, 5.74) is 3.39. The fourth-order valence-electron chi connectivity index (χ4n) is 4.39. The van der Waals surface area contributed by atoms with Gasteiger partial charge in [0.05, 0.1) is 28.4 Å². The molecule has 1 saturated heterocycles. The number of nitrogens with one attached hydrogen (secondary N) is 3. The lowest BCUT2D eigenvalue weighted by Gasteiger charge is -2.18. The van der Waals surface area contributed by atoms with Gasteiger partial charge >= 0.3 is 0 Å². The van der Waals surface area contributed by atoms with Gasteiger partial charge in [-0.25, -0.2) is 26.5 Å². The molecule has 4 aromatic rings. The molecule has 36 heavy (non-hydrogen) atoms. The monoisotopic (exact) mass is 524 g/mol. The highest BCUT2D eigenvalue weighted by atomic mass is 32.2. The second-order valence-corrected chi connectivity index (χ2v) is 12.3. The van der Waals surface area contributed by atoms with Crippen molar-refractivity contribution in [1.29, 1.82) is 0 Å². The Morgan fingerprint density at radius 1 is 1.03 bits per heavy atom. The number of para-hydroxylation sites is 2. The number of nitrogens with zero attached hydrogens (tertiary/aromatic N) is 1. The van der Waals surface area contributed by atoms with E-state index in [1.54, 1.807) is 55.5 Å². The Balaban J connectivity index is 1.47. The van der Waals surface area contributed by atoms with Crippen molar-refractivity contribution in [2.45, 2.75) is 36.0 Å². The van der Waals surface area contributed by atoms with E-state index in [-0.39, 0.29) is 17.7 Å². The quantitative estimate of drug-likeness (QED) is 0.340.